The van der Waals surface area contributed by atoms with E-state index in [1.807, 2.05) is 24.3 Å². The van der Waals surface area contributed by atoms with Crippen LogP contribution in [0.3, 0.4) is 0 Å². The molecule has 0 saturated heterocycles. The van der Waals surface area contributed by atoms with E-state index in [0.29, 0.717) is 16.1 Å². The van der Waals surface area contributed by atoms with E-state index >= 15 is 0 Å². The van der Waals surface area contributed by atoms with Crippen LogP contribution in [0.4, 0.5) is 4.39 Å². The first-order valence-corrected chi connectivity index (χ1v) is 12.9. The highest BCUT2D eigenvalue weighted by Crippen LogP contribution is 2.34. The Bertz CT molecular complexity index is 1680. The lowest BCUT2D eigenvalue weighted by Crippen LogP contribution is -2.22. The van der Waals surface area contributed by atoms with Gasteiger partial charge in [0, 0.05) is 34.3 Å². The lowest BCUT2D eigenvalue weighted by Gasteiger charge is -2.09. The highest BCUT2D eigenvalue weighted by Gasteiger charge is 2.22. The molecular weight excluding hydrogens is 499 g/mol. The average Bonchev–Trinajstić information content (AvgIpc) is 3.29. The number of halogens is 2. The van der Waals surface area contributed by atoms with Crippen LogP contribution in [-0.4, -0.2) is 18.3 Å². The molecule has 0 saturated carbocycles. The number of para-hydroxylation sites is 1. The van der Waals surface area contributed by atoms with Gasteiger partial charge in [-0.2, -0.15) is 0 Å². The van der Waals surface area contributed by atoms with Gasteiger partial charge in [0.1, 0.15) is 5.82 Å². The van der Waals surface area contributed by atoms with Gasteiger partial charge in [0.15, 0.2) is 0 Å². The molecule has 180 valence electrons. The summed E-state index contributed by atoms with van der Waals surface area (Å²) in [7, 11) is -3.95. The van der Waals surface area contributed by atoms with Gasteiger partial charge in [0.25, 0.3) is 15.9 Å². The quantitative estimate of drug-likeness (QED) is 0.288. The first-order valence-electron chi connectivity index (χ1n) is 11.1. The largest absolute Gasteiger partial charge is 0.348 e. The SMILES string of the molecule is O=C(NCc1ccc(F)cc1)c1ccc(S(=O)(=O)n2cc(-c3cccc(Cl)c3)c3ccccc32)cc1. The fraction of sp³-hybridized carbons (Fsp3) is 0.0357. The second-order valence-electron chi connectivity index (χ2n) is 8.20. The first kappa shape index (κ1) is 23.8. The summed E-state index contributed by atoms with van der Waals surface area (Å²) in [5.41, 5.74) is 3.15. The molecule has 1 heterocycles. The predicted molar refractivity (Wildman–Crippen MR) is 139 cm³/mol. The van der Waals surface area contributed by atoms with E-state index in [1.165, 1.54) is 40.4 Å². The van der Waals surface area contributed by atoms with Crippen molar-refractivity contribution in [1.82, 2.24) is 9.29 Å². The zero-order valence-corrected chi connectivity index (χ0v) is 20.4. The molecule has 0 aliphatic heterocycles. The minimum Gasteiger partial charge on any atom is -0.348 e. The zero-order valence-electron chi connectivity index (χ0n) is 18.9. The van der Waals surface area contributed by atoms with Crippen LogP contribution in [-0.2, 0) is 16.6 Å². The van der Waals surface area contributed by atoms with Crippen LogP contribution in [0, 0.1) is 5.82 Å². The van der Waals surface area contributed by atoms with Gasteiger partial charge in [-0.3, -0.25) is 4.79 Å². The highest BCUT2D eigenvalue weighted by atomic mass is 35.5. The van der Waals surface area contributed by atoms with Crippen LogP contribution in [0.25, 0.3) is 22.0 Å². The average molecular weight is 519 g/mol. The second kappa shape index (κ2) is 9.60. The van der Waals surface area contributed by atoms with Gasteiger partial charge in [0.05, 0.1) is 10.4 Å². The van der Waals surface area contributed by atoms with Crippen LogP contribution in [0.2, 0.25) is 5.02 Å². The van der Waals surface area contributed by atoms with E-state index in [0.717, 1.165) is 22.1 Å². The number of amides is 1. The molecule has 1 aromatic heterocycles. The van der Waals surface area contributed by atoms with Crippen molar-refractivity contribution in [2.24, 2.45) is 0 Å². The number of benzene rings is 4. The number of rotatable bonds is 6. The molecule has 4 aromatic carbocycles. The minimum atomic E-state index is -3.95. The summed E-state index contributed by atoms with van der Waals surface area (Å²) in [5.74, 6) is -0.713. The monoisotopic (exact) mass is 518 g/mol. The Balaban J connectivity index is 1.43. The Hall–Kier alpha value is -3.94. The maximum atomic E-state index is 13.6. The van der Waals surface area contributed by atoms with Gasteiger partial charge >= 0.3 is 0 Å². The Morgan fingerprint density at radius 1 is 0.889 bits per heavy atom. The molecule has 36 heavy (non-hydrogen) atoms. The lowest BCUT2D eigenvalue weighted by molar-refractivity contribution is 0.0951. The van der Waals surface area contributed by atoms with E-state index in [9.17, 15) is 17.6 Å². The molecule has 5 nitrogen and oxygen atoms in total. The molecule has 0 fully saturated rings. The van der Waals surface area contributed by atoms with Crippen LogP contribution < -0.4 is 5.32 Å². The first-order chi connectivity index (χ1) is 17.3. The number of hydrogen-bond acceptors (Lipinski definition) is 3. The summed E-state index contributed by atoms with van der Waals surface area (Å²) in [6, 6.07) is 26.1. The molecule has 8 heteroatoms. The molecular formula is C28H20ClFN2O3S. The van der Waals surface area contributed by atoms with Crippen molar-refractivity contribution < 1.29 is 17.6 Å². The van der Waals surface area contributed by atoms with Crippen molar-refractivity contribution in [1.29, 1.82) is 0 Å². The zero-order chi connectivity index (χ0) is 25.3. The van der Waals surface area contributed by atoms with Crippen molar-refractivity contribution in [3.63, 3.8) is 0 Å². The summed E-state index contributed by atoms with van der Waals surface area (Å²) in [4.78, 5) is 12.6. The van der Waals surface area contributed by atoms with Crippen LogP contribution >= 0.6 is 11.6 Å². The van der Waals surface area contributed by atoms with E-state index < -0.39 is 10.0 Å². The number of hydrogen-bond donors (Lipinski definition) is 1. The molecule has 5 rings (SSSR count). The van der Waals surface area contributed by atoms with E-state index in [2.05, 4.69) is 5.32 Å². The summed E-state index contributed by atoms with van der Waals surface area (Å²) in [6.07, 6.45) is 1.59. The summed E-state index contributed by atoms with van der Waals surface area (Å²) in [5, 5.41) is 4.08. The van der Waals surface area contributed by atoms with Gasteiger partial charge in [-0.15, -0.1) is 0 Å². The minimum absolute atomic E-state index is 0.0518. The van der Waals surface area contributed by atoms with Crippen LogP contribution in [0.5, 0.6) is 0 Å². The molecule has 0 atom stereocenters. The number of nitrogens with zero attached hydrogens (tertiary/aromatic N) is 1. The van der Waals surface area contributed by atoms with Gasteiger partial charge in [-0.05, 0) is 65.7 Å². The highest BCUT2D eigenvalue weighted by molar-refractivity contribution is 7.90. The summed E-state index contributed by atoms with van der Waals surface area (Å²) in [6.45, 7) is 0.223. The van der Waals surface area contributed by atoms with Crippen molar-refractivity contribution in [3.8, 4) is 11.1 Å². The van der Waals surface area contributed by atoms with Crippen molar-refractivity contribution in [3.05, 3.63) is 125 Å². The van der Waals surface area contributed by atoms with Crippen molar-refractivity contribution in [2.75, 3.05) is 0 Å². The normalized spacial score (nSPS) is 11.5. The Kier molecular flexibility index (Phi) is 6.35. The topological polar surface area (TPSA) is 68.2 Å². The smallest absolute Gasteiger partial charge is 0.268 e. The molecule has 1 amide bonds. The fourth-order valence-electron chi connectivity index (χ4n) is 4.01. The third-order valence-electron chi connectivity index (χ3n) is 5.85. The predicted octanol–water partition coefficient (Wildman–Crippen LogP) is 6.27. The number of nitrogens with one attached hydrogen (secondary N) is 1. The van der Waals surface area contributed by atoms with Gasteiger partial charge in [0.2, 0.25) is 0 Å². The lowest BCUT2D eigenvalue weighted by atomic mass is 10.1. The van der Waals surface area contributed by atoms with Crippen molar-refractivity contribution >= 4 is 38.4 Å². The Morgan fingerprint density at radius 3 is 2.33 bits per heavy atom. The molecule has 0 spiro atoms. The molecule has 0 radical (unpaired) electrons. The number of aromatic nitrogens is 1. The van der Waals surface area contributed by atoms with E-state index in [4.69, 9.17) is 11.6 Å². The molecule has 0 unspecified atom stereocenters. The van der Waals surface area contributed by atoms with E-state index in [1.54, 1.807) is 42.6 Å². The third kappa shape index (κ3) is 4.63. The molecule has 0 aliphatic carbocycles. The maximum Gasteiger partial charge on any atom is 0.268 e. The molecule has 1 N–H and O–H groups in total. The van der Waals surface area contributed by atoms with Gasteiger partial charge < -0.3 is 5.32 Å². The summed E-state index contributed by atoms with van der Waals surface area (Å²) < 4.78 is 41.5. The molecule has 5 aromatic rings. The molecule has 0 bridgehead atoms. The fourth-order valence-corrected chi connectivity index (χ4v) is 5.57. The number of carbonyl (C=O) groups is 1. The van der Waals surface area contributed by atoms with Crippen LogP contribution in [0.15, 0.2) is 108 Å². The Labute approximate surface area is 212 Å². The second-order valence-corrected chi connectivity index (χ2v) is 10.5. The van der Waals surface area contributed by atoms with Gasteiger partial charge in [-0.25, -0.2) is 16.8 Å². The maximum absolute atomic E-state index is 13.6. The van der Waals surface area contributed by atoms with Crippen LogP contribution in [0.1, 0.15) is 15.9 Å². The standard InChI is InChI=1S/C28H20ClFN2O3S/c29-22-5-3-4-21(16-22)26-18-32(27-7-2-1-6-25(26)27)36(34,35)24-14-10-20(11-15-24)28(33)31-17-19-8-12-23(30)13-9-19/h1-16,18H,17H2,(H,31,33). The third-order valence-corrected chi connectivity index (χ3v) is 7.78. The van der Waals surface area contributed by atoms with Crippen molar-refractivity contribution in [2.45, 2.75) is 11.4 Å². The Morgan fingerprint density at radius 2 is 1.61 bits per heavy atom. The summed E-state index contributed by atoms with van der Waals surface area (Å²) >= 11 is 6.17. The number of fused-ring (bicyclic) bond motifs is 1. The molecule has 0 aliphatic rings. The van der Waals surface area contributed by atoms with E-state index in [-0.39, 0.29) is 23.2 Å². The number of carbonyl (C=O) groups excluding carboxylic acids is 1. The van der Waals surface area contributed by atoms with Gasteiger partial charge in [-0.1, -0.05) is 54.1 Å².